The minimum atomic E-state index is -0.432. The highest BCUT2D eigenvalue weighted by molar-refractivity contribution is 9.10. The van der Waals surface area contributed by atoms with Gasteiger partial charge < -0.3 is 0 Å². The molecule has 92 valence electrons. The van der Waals surface area contributed by atoms with E-state index in [0.29, 0.717) is 12.5 Å². The van der Waals surface area contributed by atoms with E-state index >= 15 is 0 Å². The van der Waals surface area contributed by atoms with Crippen molar-refractivity contribution in [2.75, 3.05) is 11.4 Å². The fourth-order valence-electron chi connectivity index (χ4n) is 1.93. The molecule has 1 saturated heterocycles. The maximum absolute atomic E-state index is 11.8. The number of rotatable bonds is 1. The van der Waals surface area contributed by atoms with Crippen LogP contribution in [0.3, 0.4) is 0 Å². The van der Waals surface area contributed by atoms with Crippen LogP contribution in [0.25, 0.3) is 5.52 Å². The first-order valence-corrected chi connectivity index (χ1v) is 6.19. The van der Waals surface area contributed by atoms with Crippen LogP contribution in [0.5, 0.6) is 0 Å². The first kappa shape index (κ1) is 11.2. The van der Waals surface area contributed by atoms with Crippen molar-refractivity contribution < 1.29 is 9.59 Å². The SMILES string of the molecule is O=C1CCN(c2ncc3c(Br)cccn23)C(=O)N1. The Labute approximate surface area is 111 Å². The van der Waals surface area contributed by atoms with Crippen LogP contribution >= 0.6 is 15.9 Å². The Balaban J connectivity index is 2.07. The van der Waals surface area contributed by atoms with Crippen LogP contribution in [0, 0.1) is 0 Å². The molecular formula is C11H9BrN4O2. The average molecular weight is 309 g/mol. The van der Waals surface area contributed by atoms with Gasteiger partial charge in [-0.2, -0.15) is 0 Å². The Morgan fingerprint density at radius 3 is 3.00 bits per heavy atom. The second-order valence-electron chi connectivity index (χ2n) is 3.92. The summed E-state index contributed by atoms with van der Waals surface area (Å²) < 4.78 is 2.71. The number of pyridine rings is 1. The van der Waals surface area contributed by atoms with Crippen LogP contribution in [0.2, 0.25) is 0 Å². The zero-order valence-electron chi connectivity index (χ0n) is 9.26. The fourth-order valence-corrected chi connectivity index (χ4v) is 2.37. The number of imidazole rings is 1. The molecule has 1 aliphatic heterocycles. The molecule has 0 spiro atoms. The molecule has 2 aromatic rings. The normalized spacial score (nSPS) is 16.2. The molecule has 3 amide bonds. The molecule has 0 aromatic carbocycles. The summed E-state index contributed by atoms with van der Waals surface area (Å²) in [7, 11) is 0. The van der Waals surface area contributed by atoms with Crippen molar-refractivity contribution in [1.29, 1.82) is 0 Å². The van der Waals surface area contributed by atoms with E-state index in [0.717, 1.165) is 9.99 Å². The summed E-state index contributed by atoms with van der Waals surface area (Å²) in [6.07, 6.45) is 3.80. The standard InChI is InChI=1S/C11H9BrN4O2/c12-7-2-1-4-15-8(7)6-13-10(15)16-5-3-9(17)14-11(16)18/h1-2,4,6H,3,5H2,(H,14,17,18). The Morgan fingerprint density at radius 2 is 2.22 bits per heavy atom. The molecule has 18 heavy (non-hydrogen) atoms. The minimum absolute atomic E-state index is 0.252. The second-order valence-corrected chi connectivity index (χ2v) is 4.78. The number of halogens is 1. The molecule has 0 atom stereocenters. The maximum atomic E-state index is 11.8. The number of amides is 3. The van der Waals surface area contributed by atoms with Gasteiger partial charge in [0.15, 0.2) is 0 Å². The maximum Gasteiger partial charge on any atom is 0.330 e. The van der Waals surface area contributed by atoms with Crippen LogP contribution in [0.15, 0.2) is 29.0 Å². The van der Waals surface area contributed by atoms with Gasteiger partial charge in [0, 0.05) is 23.6 Å². The second kappa shape index (κ2) is 4.09. The Morgan fingerprint density at radius 1 is 1.39 bits per heavy atom. The summed E-state index contributed by atoms with van der Waals surface area (Å²) in [4.78, 5) is 28.6. The number of fused-ring (bicyclic) bond motifs is 1. The molecule has 2 aromatic heterocycles. The van der Waals surface area contributed by atoms with Crippen molar-refractivity contribution in [3.05, 3.63) is 29.0 Å². The van der Waals surface area contributed by atoms with E-state index in [1.807, 2.05) is 18.3 Å². The summed E-state index contributed by atoms with van der Waals surface area (Å²) in [5.74, 6) is 0.259. The van der Waals surface area contributed by atoms with Gasteiger partial charge in [-0.1, -0.05) is 0 Å². The van der Waals surface area contributed by atoms with Crippen molar-refractivity contribution in [3.63, 3.8) is 0 Å². The number of hydrogen-bond acceptors (Lipinski definition) is 3. The first-order valence-electron chi connectivity index (χ1n) is 5.40. The van der Waals surface area contributed by atoms with Crippen LogP contribution in [-0.2, 0) is 4.79 Å². The number of urea groups is 1. The van der Waals surface area contributed by atoms with E-state index in [1.165, 1.54) is 4.90 Å². The third kappa shape index (κ3) is 1.67. The largest absolute Gasteiger partial charge is 0.330 e. The number of nitrogens with zero attached hydrogens (tertiary/aromatic N) is 3. The summed E-state index contributed by atoms with van der Waals surface area (Å²) in [6.45, 7) is 0.344. The summed E-state index contributed by atoms with van der Waals surface area (Å²) in [5, 5.41) is 2.28. The number of carbonyl (C=O) groups is 2. The van der Waals surface area contributed by atoms with Gasteiger partial charge in [0.05, 0.1) is 11.7 Å². The number of hydrogen-bond donors (Lipinski definition) is 1. The Bertz CT molecular complexity index is 652. The highest BCUT2D eigenvalue weighted by atomic mass is 79.9. The molecule has 0 aliphatic carbocycles. The van der Waals surface area contributed by atoms with Gasteiger partial charge in [0.25, 0.3) is 0 Å². The first-order chi connectivity index (χ1) is 8.66. The highest BCUT2D eigenvalue weighted by Gasteiger charge is 2.27. The lowest BCUT2D eigenvalue weighted by molar-refractivity contribution is -0.120. The average Bonchev–Trinajstić information content (AvgIpc) is 2.74. The quantitative estimate of drug-likeness (QED) is 0.869. The van der Waals surface area contributed by atoms with Crippen molar-refractivity contribution in [2.24, 2.45) is 0 Å². The van der Waals surface area contributed by atoms with Crippen LogP contribution in [-0.4, -0.2) is 27.9 Å². The molecule has 3 heterocycles. The third-order valence-corrected chi connectivity index (χ3v) is 3.47. The van der Waals surface area contributed by atoms with Gasteiger partial charge in [0.2, 0.25) is 11.9 Å². The Hall–Kier alpha value is -1.89. The van der Waals surface area contributed by atoms with E-state index in [1.54, 1.807) is 10.6 Å². The van der Waals surface area contributed by atoms with Gasteiger partial charge in [-0.15, -0.1) is 0 Å². The molecular weight excluding hydrogens is 300 g/mol. The molecule has 0 unspecified atom stereocenters. The van der Waals surface area contributed by atoms with Crippen molar-refractivity contribution in [3.8, 4) is 0 Å². The summed E-state index contributed by atoms with van der Waals surface area (Å²) >= 11 is 3.42. The van der Waals surface area contributed by atoms with Gasteiger partial charge in [0.1, 0.15) is 0 Å². The van der Waals surface area contributed by atoms with E-state index < -0.39 is 6.03 Å². The lowest BCUT2D eigenvalue weighted by Crippen LogP contribution is -2.50. The van der Waals surface area contributed by atoms with E-state index in [9.17, 15) is 9.59 Å². The summed E-state index contributed by atoms with van der Waals surface area (Å²) in [5.41, 5.74) is 0.872. The predicted molar refractivity (Wildman–Crippen MR) is 68.4 cm³/mol. The van der Waals surface area contributed by atoms with Crippen LogP contribution in [0.1, 0.15) is 6.42 Å². The molecule has 0 bridgehead atoms. The van der Waals surface area contributed by atoms with Crippen LogP contribution in [0.4, 0.5) is 10.7 Å². The van der Waals surface area contributed by atoms with Gasteiger partial charge in [-0.25, -0.2) is 9.78 Å². The van der Waals surface area contributed by atoms with Gasteiger partial charge in [-0.05, 0) is 28.1 Å². The number of carbonyl (C=O) groups excluding carboxylic acids is 2. The smallest absolute Gasteiger partial charge is 0.285 e. The van der Waals surface area contributed by atoms with E-state index in [2.05, 4.69) is 26.2 Å². The molecule has 6 nitrogen and oxygen atoms in total. The molecule has 1 fully saturated rings. The zero-order chi connectivity index (χ0) is 12.7. The van der Waals surface area contributed by atoms with Gasteiger partial charge >= 0.3 is 6.03 Å². The van der Waals surface area contributed by atoms with Crippen LogP contribution < -0.4 is 10.2 Å². The topological polar surface area (TPSA) is 66.7 Å². The fraction of sp³-hybridized carbons (Fsp3) is 0.182. The van der Waals surface area contributed by atoms with Crippen molar-refractivity contribution in [2.45, 2.75) is 6.42 Å². The van der Waals surface area contributed by atoms with E-state index in [-0.39, 0.29) is 12.3 Å². The Kier molecular flexibility index (Phi) is 2.55. The molecule has 0 saturated carbocycles. The number of aromatic nitrogens is 2. The molecule has 1 N–H and O–H groups in total. The predicted octanol–water partition coefficient (Wildman–Crippen LogP) is 1.54. The molecule has 3 rings (SSSR count). The number of anilines is 1. The lowest BCUT2D eigenvalue weighted by atomic mass is 10.3. The molecule has 7 heteroatoms. The van der Waals surface area contributed by atoms with E-state index in [4.69, 9.17) is 0 Å². The highest BCUT2D eigenvalue weighted by Crippen LogP contribution is 2.23. The van der Waals surface area contributed by atoms with Gasteiger partial charge in [-0.3, -0.25) is 19.4 Å². The number of nitrogens with one attached hydrogen (secondary N) is 1. The molecule has 1 aliphatic rings. The third-order valence-electron chi connectivity index (χ3n) is 2.80. The lowest BCUT2D eigenvalue weighted by Gasteiger charge is -2.24. The van der Waals surface area contributed by atoms with Crippen molar-refractivity contribution >= 4 is 39.3 Å². The summed E-state index contributed by atoms with van der Waals surface area (Å²) in [6, 6.07) is 3.33. The molecule has 0 radical (unpaired) electrons. The monoisotopic (exact) mass is 308 g/mol. The number of imide groups is 1. The zero-order valence-corrected chi connectivity index (χ0v) is 10.8. The van der Waals surface area contributed by atoms with Crippen molar-refractivity contribution in [1.82, 2.24) is 14.7 Å². The minimum Gasteiger partial charge on any atom is -0.285 e.